The maximum absolute atomic E-state index is 11.4. The third-order valence-corrected chi connectivity index (χ3v) is 2.17. The zero-order valence-corrected chi connectivity index (χ0v) is 7.62. The number of hydrogen-bond donors (Lipinski definition) is 1. The number of allylic oxidation sites excluding steroid dienone is 1. The number of nitrogens with two attached hydrogens (primary N) is 1. The van der Waals surface area contributed by atoms with Crippen LogP contribution in [0.5, 0.6) is 0 Å². The third kappa shape index (κ3) is 1.16. The number of fused-ring (bicyclic) bond motifs is 1. The quantitative estimate of drug-likeness (QED) is 0.567. The number of carbonyl (C=O) groups is 1. The van der Waals surface area contributed by atoms with Crippen molar-refractivity contribution >= 4 is 28.4 Å². The van der Waals surface area contributed by atoms with Crippen LogP contribution in [0.3, 0.4) is 0 Å². The molecule has 6 heteroatoms. The van der Waals surface area contributed by atoms with Gasteiger partial charge in [0.2, 0.25) is 0 Å². The Morgan fingerprint density at radius 3 is 3.08 bits per heavy atom. The average Bonchev–Trinajstić information content (AvgIpc) is 2.27. The van der Waals surface area contributed by atoms with E-state index >= 15 is 0 Å². The summed E-state index contributed by atoms with van der Waals surface area (Å²) >= 11 is 5.61. The van der Waals surface area contributed by atoms with Gasteiger partial charge in [0.15, 0.2) is 0 Å². The standard InChI is InChI=1S/C7H7ClN4O/c1-3-6-4(12(9)11-3)2-5(8)10-7(6)13/h2,6H,9H2,1H3. The Bertz CT molecular complexity index is 371. The summed E-state index contributed by atoms with van der Waals surface area (Å²) in [6.07, 6.45) is 1.55. The van der Waals surface area contributed by atoms with E-state index in [0.29, 0.717) is 11.4 Å². The van der Waals surface area contributed by atoms with E-state index in [2.05, 4.69) is 10.1 Å². The molecule has 2 aliphatic heterocycles. The van der Waals surface area contributed by atoms with E-state index in [1.807, 2.05) is 0 Å². The lowest BCUT2D eigenvalue weighted by Crippen LogP contribution is -2.29. The average molecular weight is 199 g/mol. The lowest BCUT2D eigenvalue weighted by atomic mass is 9.99. The van der Waals surface area contributed by atoms with Crippen LogP contribution < -0.4 is 5.84 Å². The van der Waals surface area contributed by atoms with Gasteiger partial charge in [-0.2, -0.15) is 5.10 Å². The predicted molar refractivity (Wildman–Crippen MR) is 49.0 cm³/mol. The van der Waals surface area contributed by atoms with Crippen molar-refractivity contribution in [1.29, 1.82) is 0 Å². The Balaban J connectivity index is 2.47. The molecule has 5 nitrogen and oxygen atoms in total. The van der Waals surface area contributed by atoms with Gasteiger partial charge in [0.05, 0.1) is 11.4 Å². The molecule has 0 radical (unpaired) electrons. The Morgan fingerprint density at radius 1 is 1.69 bits per heavy atom. The third-order valence-electron chi connectivity index (χ3n) is 1.97. The first-order valence-corrected chi connectivity index (χ1v) is 4.07. The van der Waals surface area contributed by atoms with E-state index < -0.39 is 5.92 Å². The number of hydrazone groups is 1. The molecule has 2 aliphatic rings. The first-order chi connectivity index (χ1) is 6.09. The van der Waals surface area contributed by atoms with Gasteiger partial charge in [-0.15, -0.1) is 0 Å². The smallest absolute Gasteiger partial charge is 0.262 e. The van der Waals surface area contributed by atoms with Crippen LogP contribution in [-0.4, -0.2) is 21.9 Å². The molecule has 0 spiro atoms. The summed E-state index contributed by atoms with van der Waals surface area (Å²) in [5.41, 5.74) is 1.23. The molecule has 0 saturated carbocycles. The molecular weight excluding hydrogens is 192 g/mol. The van der Waals surface area contributed by atoms with Crippen molar-refractivity contribution in [2.45, 2.75) is 6.92 Å². The van der Waals surface area contributed by atoms with Crippen LogP contribution >= 0.6 is 11.6 Å². The Kier molecular flexibility index (Phi) is 1.71. The van der Waals surface area contributed by atoms with Crippen LogP contribution in [0.2, 0.25) is 0 Å². The van der Waals surface area contributed by atoms with Gasteiger partial charge in [-0.1, -0.05) is 11.6 Å². The molecule has 2 N–H and O–H groups in total. The molecular formula is C7H7ClN4O. The highest BCUT2D eigenvalue weighted by atomic mass is 35.5. The van der Waals surface area contributed by atoms with Crippen molar-refractivity contribution in [2.24, 2.45) is 21.9 Å². The summed E-state index contributed by atoms with van der Waals surface area (Å²) in [5.74, 6) is 4.77. The van der Waals surface area contributed by atoms with Gasteiger partial charge in [-0.3, -0.25) is 4.79 Å². The van der Waals surface area contributed by atoms with E-state index in [4.69, 9.17) is 17.4 Å². The maximum atomic E-state index is 11.4. The van der Waals surface area contributed by atoms with Crippen LogP contribution in [-0.2, 0) is 4.79 Å². The molecule has 2 heterocycles. The van der Waals surface area contributed by atoms with Gasteiger partial charge in [-0.25, -0.2) is 16.0 Å². The first-order valence-electron chi connectivity index (χ1n) is 3.69. The van der Waals surface area contributed by atoms with Crippen LogP contribution in [0.25, 0.3) is 0 Å². The number of amides is 1. The molecule has 68 valence electrons. The highest BCUT2D eigenvalue weighted by Crippen LogP contribution is 2.27. The number of carbonyl (C=O) groups excluding carboxylic acids is 1. The Morgan fingerprint density at radius 2 is 2.38 bits per heavy atom. The van der Waals surface area contributed by atoms with Gasteiger partial charge >= 0.3 is 0 Å². The lowest BCUT2D eigenvalue weighted by molar-refractivity contribution is -0.119. The van der Waals surface area contributed by atoms with Gasteiger partial charge in [-0.05, 0) is 13.0 Å². The molecule has 0 saturated heterocycles. The van der Waals surface area contributed by atoms with Crippen LogP contribution in [0.1, 0.15) is 6.92 Å². The highest BCUT2D eigenvalue weighted by molar-refractivity contribution is 6.69. The van der Waals surface area contributed by atoms with Crippen molar-refractivity contribution in [3.05, 3.63) is 11.8 Å². The second-order valence-corrected chi connectivity index (χ2v) is 3.25. The van der Waals surface area contributed by atoms with E-state index in [1.54, 1.807) is 13.0 Å². The van der Waals surface area contributed by atoms with Gasteiger partial charge in [0.25, 0.3) is 5.91 Å². The fraction of sp³-hybridized carbons (Fsp3) is 0.286. The van der Waals surface area contributed by atoms with Crippen molar-refractivity contribution in [1.82, 2.24) is 5.12 Å². The van der Waals surface area contributed by atoms with Crippen molar-refractivity contribution in [3.8, 4) is 0 Å². The lowest BCUT2D eigenvalue weighted by Gasteiger charge is -2.15. The van der Waals surface area contributed by atoms with Crippen LogP contribution in [0.15, 0.2) is 21.9 Å². The summed E-state index contributed by atoms with van der Waals surface area (Å²) in [6, 6.07) is 0. The van der Waals surface area contributed by atoms with Gasteiger partial charge in [0, 0.05) is 0 Å². The molecule has 1 unspecified atom stereocenters. The van der Waals surface area contributed by atoms with E-state index in [-0.39, 0.29) is 11.1 Å². The molecule has 1 amide bonds. The largest absolute Gasteiger partial charge is 0.271 e. The minimum atomic E-state index is -0.438. The summed E-state index contributed by atoms with van der Waals surface area (Å²) in [6.45, 7) is 1.73. The molecule has 13 heavy (non-hydrogen) atoms. The summed E-state index contributed by atoms with van der Waals surface area (Å²) in [7, 11) is 0. The molecule has 0 aromatic heterocycles. The van der Waals surface area contributed by atoms with E-state index in [9.17, 15) is 4.79 Å². The Hall–Kier alpha value is -1.20. The molecule has 1 atom stereocenters. The fourth-order valence-electron chi connectivity index (χ4n) is 1.41. The van der Waals surface area contributed by atoms with Crippen LogP contribution in [0, 0.1) is 5.92 Å². The topological polar surface area (TPSA) is 71.0 Å². The SMILES string of the molecule is CC1=NN(N)C2=CC(Cl)=NC(=O)C21. The molecule has 0 bridgehead atoms. The summed E-state index contributed by atoms with van der Waals surface area (Å²) in [4.78, 5) is 15.0. The van der Waals surface area contributed by atoms with Gasteiger partial charge < -0.3 is 0 Å². The monoisotopic (exact) mass is 198 g/mol. The number of nitrogens with zero attached hydrogens (tertiary/aromatic N) is 3. The summed E-state index contributed by atoms with van der Waals surface area (Å²) in [5, 5.41) is 5.24. The second kappa shape index (κ2) is 2.65. The Labute approximate surface area is 79.5 Å². The number of aliphatic imine (C=N–C) groups is 1. The number of hydrogen-bond acceptors (Lipinski definition) is 4. The molecule has 0 aromatic carbocycles. The zero-order chi connectivity index (χ0) is 9.59. The minimum Gasteiger partial charge on any atom is -0.271 e. The number of halogens is 1. The number of dihydropyridines is 1. The molecule has 0 aliphatic carbocycles. The first kappa shape index (κ1) is 8.40. The molecule has 2 rings (SSSR count). The normalized spacial score (nSPS) is 26.7. The number of rotatable bonds is 0. The highest BCUT2D eigenvalue weighted by Gasteiger charge is 2.36. The fourth-order valence-corrected chi connectivity index (χ4v) is 1.61. The van der Waals surface area contributed by atoms with Crippen molar-refractivity contribution in [2.75, 3.05) is 0 Å². The van der Waals surface area contributed by atoms with E-state index in [1.165, 1.54) is 0 Å². The molecule has 0 fully saturated rings. The predicted octanol–water partition coefficient (Wildman–Crippen LogP) is 0.229. The second-order valence-electron chi connectivity index (χ2n) is 2.86. The number of hydrazine groups is 1. The van der Waals surface area contributed by atoms with Gasteiger partial charge in [0.1, 0.15) is 11.1 Å². The molecule has 0 aromatic rings. The van der Waals surface area contributed by atoms with E-state index in [0.717, 1.165) is 5.12 Å². The van der Waals surface area contributed by atoms with Crippen molar-refractivity contribution < 1.29 is 4.79 Å². The maximum Gasteiger partial charge on any atom is 0.262 e. The summed E-state index contributed by atoms with van der Waals surface area (Å²) < 4.78 is 0. The zero-order valence-electron chi connectivity index (χ0n) is 6.86. The van der Waals surface area contributed by atoms with Crippen LogP contribution in [0.4, 0.5) is 0 Å². The van der Waals surface area contributed by atoms with Crippen molar-refractivity contribution in [3.63, 3.8) is 0 Å². The minimum absolute atomic E-state index is 0.150.